The first-order valence-electron chi connectivity index (χ1n) is 8.83. The Morgan fingerprint density at radius 2 is 1.85 bits per heavy atom. The number of likely N-dealkylation sites (N-methyl/N-ethyl adjacent to an activating group) is 1. The average molecular weight is 367 g/mol. The Hall–Kier alpha value is -3.11. The van der Waals surface area contributed by atoms with Crippen molar-refractivity contribution in [1.82, 2.24) is 10.6 Å². The van der Waals surface area contributed by atoms with Crippen LogP contribution in [0.2, 0.25) is 0 Å². The lowest BCUT2D eigenvalue weighted by Crippen LogP contribution is -2.51. The second-order valence-electron chi connectivity index (χ2n) is 6.37. The monoisotopic (exact) mass is 367 g/mol. The summed E-state index contributed by atoms with van der Waals surface area (Å²) in [6, 6.07) is 11.6. The van der Waals surface area contributed by atoms with Gasteiger partial charge in [0.15, 0.2) is 5.76 Å². The number of benzene rings is 1. The van der Waals surface area contributed by atoms with Crippen molar-refractivity contribution in [3.8, 4) is 17.4 Å². The van der Waals surface area contributed by atoms with Crippen molar-refractivity contribution in [2.24, 2.45) is 5.92 Å². The number of carbonyl (C=O) groups excluding carboxylic acids is 2. The average Bonchev–Trinajstić information content (AvgIpc) is 3.22. The Morgan fingerprint density at radius 1 is 1.15 bits per heavy atom. The third kappa shape index (κ3) is 4.36. The third-order valence-corrected chi connectivity index (χ3v) is 4.68. The van der Waals surface area contributed by atoms with Crippen LogP contribution < -0.4 is 10.6 Å². The number of hydrogen-bond acceptors (Lipinski definition) is 5. The number of nitriles is 1. The minimum absolute atomic E-state index is 0.0237. The number of nitrogens with one attached hydrogen (secondary N) is 2. The maximum absolute atomic E-state index is 12.6. The first-order valence-corrected chi connectivity index (χ1v) is 8.83. The van der Waals surface area contributed by atoms with Gasteiger partial charge in [0.05, 0.1) is 11.6 Å². The molecule has 0 saturated carbocycles. The number of ether oxygens (including phenoxy) is 1. The zero-order valence-electron chi connectivity index (χ0n) is 15.0. The molecule has 0 radical (unpaired) electrons. The molecule has 2 aromatic rings. The van der Waals surface area contributed by atoms with Crippen LogP contribution in [0.3, 0.4) is 0 Å². The molecule has 1 aliphatic heterocycles. The van der Waals surface area contributed by atoms with Crippen LogP contribution in [-0.2, 0) is 9.53 Å². The normalized spacial score (nSPS) is 15.6. The molecule has 7 heteroatoms. The summed E-state index contributed by atoms with van der Waals surface area (Å²) in [5.74, 6) is 0.0160. The highest BCUT2D eigenvalue weighted by Crippen LogP contribution is 2.24. The lowest BCUT2D eigenvalue weighted by molar-refractivity contribution is -0.124. The SMILES string of the molecule is CNC(=O)[C@@H](NC(=O)c1ccc(-c2ccc(C#N)cc2)o1)C1CCOCC1. The van der Waals surface area contributed by atoms with E-state index in [1.165, 1.54) is 0 Å². The van der Waals surface area contributed by atoms with Crippen LogP contribution in [0.1, 0.15) is 29.0 Å². The number of nitrogens with zero attached hydrogens (tertiary/aromatic N) is 1. The van der Waals surface area contributed by atoms with Crippen LogP contribution in [0.15, 0.2) is 40.8 Å². The molecule has 27 heavy (non-hydrogen) atoms. The van der Waals surface area contributed by atoms with Crippen LogP contribution in [-0.4, -0.2) is 38.1 Å². The predicted octanol–water partition coefficient (Wildman–Crippen LogP) is 2.09. The van der Waals surface area contributed by atoms with Gasteiger partial charge in [0.2, 0.25) is 5.91 Å². The van der Waals surface area contributed by atoms with Gasteiger partial charge in [-0.15, -0.1) is 0 Å². The molecule has 0 bridgehead atoms. The van der Waals surface area contributed by atoms with E-state index in [1.54, 1.807) is 43.4 Å². The molecule has 1 atom stereocenters. The van der Waals surface area contributed by atoms with Gasteiger partial charge in [-0.2, -0.15) is 5.26 Å². The van der Waals surface area contributed by atoms with Gasteiger partial charge in [-0.05, 0) is 55.2 Å². The molecule has 7 nitrogen and oxygen atoms in total. The van der Waals surface area contributed by atoms with Crippen molar-refractivity contribution in [2.45, 2.75) is 18.9 Å². The highest BCUT2D eigenvalue weighted by atomic mass is 16.5. The Morgan fingerprint density at radius 3 is 2.48 bits per heavy atom. The molecule has 1 aliphatic rings. The topological polar surface area (TPSA) is 104 Å². The summed E-state index contributed by atoms with van der Waals surface area (Å²) in [4.78, 5) is 24.8. The summed E-state index contributed by atoms with van der Waals surface area (Å²) in [6.45, 7) is 1.16. The van der Waals surface area contributed by atoms with Crippen molar-refractivity contribution in [3.63, 3.8) is 0 Å². The van der Waals surface area contributed by atoms with Gasteiger partial charge in [0.25, 0.3) is 5.91 Å². The van der Waals surface area contributed by atoms with Crippen molar-refractivity contribution in [1.29, 1.82) is 5.26 Å². The third-order valence-electron chi connectivity index (χ3n) is 4.68. The van der Waals surface area contributed by atoms with Crippen LogP contribution in [0, 0.1) is 17.2 Å². The standard InChI is InChI=1S/C20H21N3O4/c1-22-20(25)18(15-8-10-26-11-9-15)23-19(24)17-7-6-16(27-17)14-4-2-13(12-21)3-5-14/h2-7,15,18H,8-11H2,1H3,(H,22,25)(H,23,24)/t18-/m0/s1. The minimum Gasteiger partial charge on any atom is -0.451 e. The lowest BCUT2D eigenvalue weighted by atomic mass is 9.91. The number of carbonyl (C=O) groups is 2. The molecule has 1 aromatic carbocycles. The first kappa shape index (κ1) is 18.7. The van der Waals surface area contributed by atoms with Gasteiger partial charge in [-0.25, -0.2) is 0 Å². The maximum Gasteiger partial charge on any atom is 0.287 e. The highest BCUT2D eigenvalue weighted by Gasteiger charge is 2.31. The van der Waals surface area contributed by atoms with E-state index in [2.05, 4.69) is 16.7 Å². The Labute approximate surface area is 157 Å². The molecular weight excluding hydrogens is 346 g/mol. The van der Waals surface area contributed by atoms with Crippen LogP contribution in [0.4, 0.5) is 0 Å². The maximum atomic E-state index is 12.6. The molecule has 0 aliphatic carbocycles. The van der Waals surface area contributed by atoms with Crippen molar-refractivity contribution < 1.29 is 18.7 Å². The van der Waals surface area contributed by atoms with E-state index in [0.29, 0.717) is 37.4 Å². The molecule has 0 spiro atoms. The van der Waals surface area contributed by atoms with Gasteiger partial charge in [0, 0.05) is 25.8 Å². The van der Waals surface area contributed by atoms with Gasteiger partial charge >= 0.3 is 0 Å². The van der Waals surface area contributed by atoms with E-state index in [1.807, 2.05) is 0 Å². The quantitative estimate of drug-likeness (QED) is 0.842. The Bertz CT molecular complexity index is 845. The van der Waals surface area contributed by atoms with Crippen LogP contribution >= 0.6 is 0 Å². The molecule has 1 fully saturated rings. The van der Waals surface area contributed by atoms with E-state index in [4.69, 9.17) is 14.4 Å². The van der Waals surface area contributed by atoms with Crippen molar-refractivity contribution >= 4 is 11.8 Å². The second kappa shape index (κ2) is 8.52. The number of furan rings is 1. The van der Waals surface area contributed by atoms with E-state index >= 15 is 0 Å². The van der Waals surface area contributed by atoms with E-state index in [0.717, 1.165) is 5.56 Å². The number of hydrogen-bond donors (Lipinski definition) is 2. The van der Waals surface area contributed by atoms with Gasteiger partial charge in [-0.3, -0.25) is 9.59 Å². The predicted molar refractivity (Wildman–Crippen MR) is 97.7 cm³/mol. The zero-order chi connectivity index (χ0) is 19.2. The van der Waals surface area contributed by atoms with Crippen LogP contribution in [0.5, 0.6) is 0 Å². The smallest absolute Gasteiger partial charge is 0.287 e. The summed E-state index contributed by atoms with van der Waals surface area (Å²) in [5, 5.41) is 14.3. The summed E-state index contributed by atoms with van der Waals surface area (Å²) in [7, 11) is 1.55. The zero-order valence-corrected chi connectivity index (χ0v) is 15.0. The summed E-state index contributed by atoms with van der Waals surface area (Å²) in [5.41, 5.74) is 1.31. The van der Waals surface area contributed by atoms with Gasteiger partial charge in [0.1, 0.15) is 11.8 Å². The van der Waals surface area contributed by atoms with E-state index < -0.39 is 11.9 Å². The Kier molecular flexibility index (Phi) is 5.89. The molecule has 2 amide bonds. The van der Waals surface area contributed by atoms with Crippen molar-refractivity contribution in [2.75, 3.05) is 20.3 Å². The summed E-state index contributed by atoms with van der Waals surface area (Å²) < 4.78 is 11.0. The van der Waals surface area contributed by atoms with Crippen LogP contribution in [0.25, 0.3) is 11.3 Å². The fraction of sp³-hybridized carbons (Fsp3) is 0.350. The Balaban J connectivity index is 1.73. The fourth-order valence-corrected chi connectivity index (χ4v) is 3.14. The van der Waals surface area contributed by atoms with Gasteiger partial charge < -0.3 is 19.8 Å². The fourth-order valence-electron chi connectivity index (χ4n) is 3.14. The molecule has 1 aromatic heterocycles. The molecule has 2 N–H and O–H groups in total. The highest BCUT2D eigenvalue weighted by molar-refractivity contribution is 5.96. The lowest BCUT2D eigenvalue weighted by Gasteiger charge is -2.29. The number of rotatable bonds is 5. The molecule has 3 rings (SSSR count). The molecular formula is C20H21N3O4. The largest absolute Gasteiger partial charge is 0.451 e. The molecule has 140 valence electrons. The summed E-state index contributed by atoms with van der Waals surface area (Å²) >= 11 is 0. The molecule has 2 heterocycles. The second-order valence-corrected chi connectivity index (χ2v) is 6.37. The molecule has 1 saturated heterocycles. The van der Waals surface area contributed by atoms with E-state index in [-0.39, 0.29) is 17.6 Å². The van der Waals surface area contributed by atoms with E-state index in [9.17, 15) is 9.59 Å². The van der Waals surface area contributed by atoms with Crippen molar-refractivity contribution in [3.05, 3.63) is 47.7 Å². The molecule has 0 unspecified atom stereocenters. The van der Waals surface area contributed by atoms with Gasteiger partial charge in [-0.1, -0.05) is 0 Å². The minimum atomic E-state index is -0.630. The number of amides is 2. The first-order chi connectivity index (χ1) is 13.1. The summed E-state index contributed by atoms with van der Waals surface area (Å²) in [6.07, 6.45) is 1.43.